The van der Waals surface area contributed by atoms with Crippen LogP contribution in [0.2, 0.25) is 5.02 Å². The zero-order valence-electron chi connectivity index (χ0n) is 45.3. The number of esters is 1. The summed E-state index contributed by atoms with van der Waals surface area (Å²) < 4.78 is 50.7. The lowest BCUT2D eigenvalue weighted by Gasteiger charge is -2.40. The number of anilines is 1. The van der Waals surface area contributed by atoms with Crippen molar-refractivity contribution in [2.75, 3.05) is 92.0 Å². The lowest BCUT2D eigenvalue weighted by Crippen LogP contribution is -2.63. The van der Waals surface area contributed by atoms with Gasteiger partial charge in [0.1, 0.15) is 47.3 Å². The monoisotopic (exact) mass is 1110 g/mol. The zero-order valence-corrected chi connectivity index (χ0v) is 46.1. The molecule has 2 saturated heterocycles. The van der Waals surface area contributed by atoms with Crippen LogP contribution in [-0.4, -0.2) is 187 Å². The Morgan fingerprint density at radius 3 is 2.34 bits per heavy atom. The standard InChI is InChI=1S/C54H80ClN5O17/c1-35-14-12-17-44(61)54(68)34-43(76-53(67)58-54)36(2)49-50(77-49)42(33-47(64)60(5)40-31-38(30-35)32-41(69-6)48(40)55)75-51(65)37(3)59(4)46(63)18-13-20-56-45(62)19-22-70-24-26-72-28-29-73-27-25-71-23-21-57-52(66)74-39-15-10-8-7-9-11-16-39/h7-8,12,14,17,31-32,36-37,39,42-44,49-50,61,68H,9-11,13,15-16,18-30,33-34H2,1-6H3,(H,56,62)(H,57,66)(H,58,67)/b8-7+,17-12+,35-14+/t36-,37+,39?,42+,43+,44-,49+,50+,54+/m1/s1. The number of likely N-dealkylation sites (N-methyl/N-ethyl adjacent to an activating group) is 1. The number of carbonyl (C=O) groups is 6. The SMILES string of the molecule is COc1cc2cc(c1Cl)N(C)C(=O)C[C@H](OC(=O)[C@H](C)N(C)C(=O)CCCNC(=O)CCOCCOCCOCCOCCNC(=O)OC1CC/C=C/CCC1)[C@@H]1O[C@H]1[C@H](C)[C@@H]1C[C@@](O)(NC(=O)O1)[C@H](O)/C=C/C=C(\C)C2. The Labute approximate surface area is 456 Å². The van der Waals surface area contributed by atoms with Gasteiger partial charge in [-0.2, -0.15) is 0 Å². The highest BCUT2D eigenvalue weighted by molar-refractivity contribution is 6.35. The number of halogens is 1. The predicted octanol–water partition coefficient (Wildman–Crippen LogP) is 4.44. The summed E-state index contributed by atoms with van der Waals surface area (Å²) in [7, 11) is 4.45. The van der Waals surface area contributed by atoms with Crippen LogP contribution in [0.5, 0.6) is 5.75 Å². The first-order valence-electron chi connectivity index (χ1n) is 26.6. The van der Waals surface area contributed by atoms with E-state index in [-0.39, 0.29) is 68.4 Å². The summed E-state index contributed by atoms with van der Waals surface area (Å²) in [6, 6.07) is 2.39. The molecule has 1 aromatic carbocycles. The zero-order chi connectivity index (χ0) is 55.9. The highest BCUT2D eigenvalue weighted by atomic mass is 35.5. The van der Waals surface area contributed by atoms with Crippen molar-refractivity contribution in [2.45, 2.75) is 140 Å². The number of allylic oxidation sites excluding steroid dienone is 5. The van der Waals surface area contributed by atoms with Crippen LogP contribution in [0.15, 0.2) is 48.1 Å². The number of epoxide rings is 1. The van der Waals surface area contributed by atoms with E-state index in [1.54, 1.807) is 31.2 Å². The van der Waals surface area contributed by atoms with Crippen LogP contribution < -0.4 is 25.6 Å². The van der Waals surface area contributed by atoms with Gasteiger partial charge in [-0.3, -0.25) is 19.7 Å². The molecule has 1 aromatic rings. The van der Waals surface area contributed by atoms with E-state index < -0.39 is 72.3 Å². The topological polar surface area (TPSA) is 272 Å². The van der Waals surface area contributed by atoms with Crippen LogP contribution in [-0.2, 0) is 63.5 Å². The van der Waals surface area contributed by atoms with Crippen molar-refractivity contribution in [2.24, 2.45) is 5.92 Å². The number of carbonyl (C=O) groups excluding carboxylic acids is 6. The number of amides is 5. The van der Waals surface area contributed by atoms with Gasteiger partial charge in [0.15, 0.2) is 5.72 Å². The minimum atomic E-state index is -2.09. The van der Waals surface area contributed by atoms with Gasteiger partial charge in [0.2, 0.25) is 17.7 Å². The molecule has 0 spiro atoms. The number of methoxy groups -OCH3 is 1. The molecule has 3 heterocycles. The number of fused-ring (bicyclic) bond motifs is 5. The molecule has 4 bridgehead atoms. The third kappa shape index (κ3) is 20.4. The summed E-state index contributed by atoms with van der Waals surface area (Å²) in [5, 5.41) is 30.5. The van der Waals surface area contributed by atoms with E-state index in [0.717, 1.165) is 43.2 Å². The quantitative estimate of drug-likeness (QED) is 0.0315. The Bertz CT molecular complexity index is 2210. The Morgan fingerprint density at radius 1 is 0.935 bits per heavy atom. The van der Waals surface area contributed by atoms with E-state index >= 15 is 0 Å². The molecular weight excluding hydrogens is 1030 g/mol. The number of alkyl carbamates (subject to hydrolysis) is 2. The summed E-state index contributed by atoms with van der Waals surface area (Å²) in [6.45, 7) is 8.23. The number of benzene rings is 1. The summed E-state index contributed by atoms with van der Waals surface area (Å²) in [5.41, 5.74) is -0.160. The molecule has 1 unspecified atom stereocenters. The van der Waals surface area contributed by atoms with E-state index in [9.17, 15) is 39.0 Å². The molecule has 23 heteroatoms. The fraction of sp³-hybridized carbons (Fsp3) is 0.667. The first kappa shape index (κ1) is 62.5. The maximum atomic E-state index is 14.1. The molecule has 0 aromatic heterocycles. The second-order valence-corrected chi connectivity index (χ2v) is 20.0. The Kier molecular flexibility index (Phi) is 25.9. The largest absolute Gasteiger partial charge is 0.495 e. The van der Waals surface area contributed by atoms with Crippen molar-refractivity contribution in [3.63, 3.8) is 0 Å². The van der Waals surface area contributed by atoms with E-state index in [2.05, 4.69) is 28.1 Å². The molecule has 5 amide bonds. The van der Waals surface area contributed by atoms with Crippen molar-refractivity contribution in [1.82, 2.24) is 20.9 Å². The van der Waals surface area contributed by atoms with Gasteiger partial charge in [-0.25, -0.2) is 14.4 Å². The number of hydrogen-bond donors (Lipinski definition) is 5. The molecule has 3 aliphatic heterocycles. The van der Waals surface area contributed by atoms with Crippen LogP contribution in [0.25, 0.3) is 0 Å². The number of aliphatic hydroxyl groups excluding tert-OH is 1. The van der Waals surface area contributed by atoms with E-state index in [1.807, 2.05) is 6.92 Å². The van der Waals surface area contributed by atoms with E-state index in [0.29, 0.717) is 70.5 Å². The average molecular weight is 1110 g/mol. The predicted molar refractivity (Wildman–Crippen MR) is 282 cm³/mol. The second kappa shape index (κ2) is 31.9. The normalized spacial score (nSPS) is 26.6. The molecular formula is C54H80ClN5O17. The fourth-order valence-corrected chi connectivity index (χ4v) is 9.22. The van der Waals surface area contributed by atoms with Crippen molar-refractivity contribution >= 4 is 53.2 Å². The van der Waals surface area contributed by atoms with Gasteiger partial charge >= 0.3 is 18.2 Å². The maximum Gasteiger partial charge on any atom is 0.409 e. The first-order valence-corrected chi connectivity index (χ1v) is 26.9. The minimum absolute atomic E-state index is 0.00970. The molecule has 2 fully saturated rings. The van der Waals surface area contributed by atoms with Gasteiger partial charge in [-0.1, -0.05) is 54.5 Å². The third-order valence-corrected chi connectivity index (χ3v) is 14.1. The van der Waals surface area contributed by atoms with Crippen molar-refractivity contribution < 1.29 is 81.6 Å². The van der Waals surface area contributed by atoms with Gasteiger partial charge in [0.05, 0.1) is 78.2 Å². The summed E-state index contributed by atoms with van der Waals surface area (Å²) in [6.07, 6.45) is 7.20. The highest BCUT2D eigenvalue weighted by Gasteiger charge is 2.56. The van der Waals surface area contributed by atoms with E-state index in [4.69, 9.17) is 54.2 Å². The molecule has 4 aliphatic rings. The number of hydrogen-bond acceptors (Lipinski definition) is 17. The van der Waals surface area contributed by atoms with Gasteiger partial charge in [0, 0.05) is 52.4 Å². The number of rotatable bonds is 24. The minimum Gasteiger partial charge on any atom is -0.495 e. The van der Waals surface area contributed by atoms with Crippen LogP contribution in [0, 0.1) is 5.92 Å². The first-order chi connectivity index (χ1) is 36.9. The van der Waals surface area contributed by atoms with Crippen LogP contribution in [0.1, 0.15) is 90.5 Å². The summed E-state index contributed by atoms with van der Waals surface area (Å²) in [4.78, 5) is 81.0. The Morgan fingerprint density at radius 2 is 1.62 bits per heavy atom. The molecule has 1 aliphatic carbocycles. The number of nitrogens with one attached hydrogen (secondary N) is 3. The lowest BCUT2D eigenvalue weighted by atomic mass is 9.87. The molecule has 77 heavy (non-hydrogen) atoms. The Hall–Kier alpha value is -5.33. The highest BCUT2D eigenvalue weighted by Crippen LogP contribution is 2.41. The lowest BCUT2D eigenvalue weighted by molar-refractivity contribution is -0.159. The van der Waals surface area contributed by atoms with Crippen molar-refractivity contribution in [3.05, 3.63) is 58.7 Å². The van der Waals surface area contributed by atoms with Gasteiger partial charge in [-0.15, -0.1) is 0 Å². The van der Waals surface area contributed by atoms with Crippen molar-refractivity contribution in [1.29, 1.82) is 0 Å². The molecule has 0 saturated carbocycles. The third-order valence-electron chi connectivity index (χ3n) is 13.7. The summed E-state index contributed by atoms with van der Waals surface area (Å²) >= 11 is 6.76. The number of aliphatic hydroxyl groups is 2. The van der Waals surface area contributed by atoms with Crippen LogP contribution in [0.4, 0.5) is 15.3 Å². The second-order valence-electron chi connectivity index (χ2n) is 19.7. The molecule has 22 nitrogen and oxygen atoms in total. The van der Waals surface area contributed by atoms with Gasteiger partial charge in [-0.05, 0) is 76.5 Å². The van der Waals surface area contributed by atoms with E-state index in [1.165, 1.54) is 44.0 Å². The maximum absolute atomic E-state index is 14.1. The smallest absolute Gasteiger partial charge is 0.409 e. The summed E-state index contributed by atoms with van der Waals surface area (Å²) in [5.74, 6) is -2.22. The average Bonchev–Trinajstić information content (AvgIpc) is 4.22. The molecule has 9 atom stereocenters. The molecule has 5 rings (SSSR count). The molecule has 5 N–H and O–H groups in total. The Balaban J connectivity index is 0.998. The fourth-order valence-electron chi connectivity index (χ4n) is 8.91. The molecule has 430 valence electrons. The number of nitrogens with zero attached hydrogens (tertiary/aromatic N) is 2. The van der Waals surface area contributed by atoms with Crippen LogP contribution >= 0.6 is 11.6 Å². The number of ether oxygens (including phenoxy) is 9. The molecule has 0 radical (unpaired) electrons. The van der Waals surface area contributed by atoms with Gasteiger partial charge in [0.25, 0.3) is 0 Å². The van der Waals surface area contributed by atoms with Crippen LogP contribution in [0.3, 0.4) is 0 Å². The van der Waals surface area contributed by atoms with Crippen molar-refractivity contribution in [3.8, 4) is 5.75 Å². The van der Waals surface area contributed by atoms with Gasteiger partial charge < -0.3 is 73.3 Å².